The Bertz CT molecular complexity index is 310. The van der Waals surface area contributed by atoms with Crippen molar-refractivity contribution in [3.8, 4) is 0 Å². The summed E-state index contributed by atoms with van der Waals surface area (Å²) in [6.07, 6.45) is 2.10. The molecular formula is C8H8N2O2. The first-order chi connectivity index (χ1) is 5.72. The highest BCUT2D eigenvalue weighted by Crippen LogP contribution is 2.05. The minimum absolute atomic E-state index is 0.168. The van der Waals surface area contributed by atoms with Gasteiger partial charge in [0.05, 0.1) is 0 Å². The molecule has 0 aliphatic heterocycles. The first-order valence-corrected chi connectivity index (χ1v) is 3.41. The number of anilines is 1. The maximum atomic E-state index is 10.6. The second-order valence-corrected chi connectivity index (χ2v) is 2.27. The number of amides is 1. The molecule has 0 saturated carbocycles. The summed E-state index contributed by atoms with van der Waals surface area (Å²) in [5, 5.41) is 2.54. The molecule has 1 heterocycles. The molecule has 0 bridgehead atoms. The predicted octanol–water partition coefficient (Wildman–Crippen LogP) is 0.852. The maximum Gasteiger partial charge on any atom is 0.221 e. The molecule has 1 aromatic heterocycles. The van der Waals surface area contributed by atoms with Crippen molar-refractivity contribution in [2.75, 3.05) is 5.32 Å². The topological polar surface area (TPSA) is 59.1 Å². The molecule has 1 amide bonds. The molecule has 0 saturated heterocycles. The van der Waals surface area contributed by atoms with E-state index < -0.39 is 0 Å². The van der Waals surface area contributed by atoms with E-state index in [4.69, 9.17) is 0 Å². The van der Waals surface area contributed by atoms with Crippen molar-refractivity contribution in [1.82, 2.24) is 4.98 Å². The fraction of sp³-hybridized carbons (Fsp3) is 0.125. The van der Waals surface area contributed by atoms with Crippen LogP contribution in [-0.4, -0.2) is 17.2 Å². The maximum absolute atomic E-state index is 10.6. The fourth-order valence-corrected chi connectivity index (χ4v) is 0.794. The number of aldehydes is 1. The van der Waals surface area contributed by atoms with Gasteiger partial charge in [0.1, 0.15) is 5.69 Å². The van der Waals surface area contributed by atoms with Gasteiger partial charge in [0.15, 0.2) is 6.29 Å². The van der Waals surface area contributed by atoms with Crippen molar-refractivity contribution in [2.24, 2.45) is 0 Å². The van der Waals surface area contributed by atoms with Gasteiger partial charge in [0.2, 0.25) is 5.91 Å². The zero-order valence-electron chi connectivity index (χ0n) is 6.57. The molecule has 0 atom stereocenters. The van der Waals surface area contributed by atoms with Crippen LogP contribution in [0, 0.1) is 0 Å². The van der Waals surface area contributed by atoms with Crippen molar-refractivity contribution in [2.45, 2.75) is 6.92 Å². The van der Waals surface area contributed by atoms with E-state index in [0.717, 1.165) is 0 Å². The van der Waals surface area contributed by atoms with Crippen LogP contribution >= 0.6 is 0 Å². The number of carbonyl (C=O) groups excluding carboxylic acids is 2. The number of hydrogen-bond donors (Lipinski definition) is 1. The lowest BCUT2D eigenvalue weighted by atomic mass is 10.3. The highest BCUT2D eigenvalue weighted by Gasteiger charge is 1.96. The Morgan fingerprint density at radius 3 is 3.00 bits per heavy atom. The van der Waals surface area contributed by atoms with Crippen LogP contribution in [0.3, 0.4) is 0 Å². The van der Waals surface area contributed by atoms with Crippen LogP contribution in [0.4, 0.5) is 5.69 Å². The average molecular weight is 164 g/mol. The second-order valence-electron chi connectivity index (χ2n) is 2.27. The van der Waals surface area contributed by atoms with Crippen LogP contribution in [0.1, 0.15) is 17.4 Å². The minimum Gasteiger partial charge on any atom is -0.326 e. The van der Waals surface area contributed by atoms with Crippen LogP contribution in [0.15, 0.2) is 18.3 Å². The number of nitrogens with one attached hydrogen (secondary N) is 1. The summed E-state index contributed by atoms with van der Waals surface area (Å²) < 4.78 is 0. The predicted molar refractivity (Wildman–Crippen MR) is 43.9 cm³/mol. The lowest BCUT2D eigenvalue weighted by Gasteiger charge is -2.00. The lowest BCUT2D eigenvalue weighted by molar-refractivity contribution is -0.114. The van der Waals surface area contributed by atoms with Gasteiger partial charge in [-0.1, -0.05) is 0 Å². The van der Waals surface area contributed by atoms with Gasteiger partial charge in [-0.15, -0.1) is 0 Å². The van der Waals surface area contributed by atoms with Gasteiger partial charge >= 0.3 is 0 Å². The molecule has 0 spiro atoms. The molecule has 0 unspecified atom stereocenters. The Balaban J connectivity index is 2.86. The Kier molecular flexibility index (Phi) is 2.53. The number of hydrogen-bond acceptors (Lipinski definition) is 3. The van der Waals surface area contributed by atoms with Gasteiger partial charge in [0.25, 0.3) is 0 Å². The number of pyridine rings is 1. The van der Waals surface area contributed by atoms with Crippen molar-refractivity contribution in [3.05, 3.63) is 24.0 Å². The number of rotatable bonds is 2. The first kappa shape index (κ1) is 8.39. The summed E-state index contributed by atoms with van der Waals surface area (Å²) in [7, 11) is 0. The first-order valence-electron chi connectivity index (χ1n) is 3.41. The van der Waals surface area contributed by atoms with Crippen LogP contribution in [0.5, 0.6) is 0 Å². The van der Waals surface area contributed by atoms with Gasteiger partial charge in [0, 0.05) is 18.8 Å². The van der Waals surface area contributed by atoms with Crippen LogP contribution < -0.4 is 5.32 Å². The summed E-state index contributed by atoms with van der Waals surface area (Å²) in [6.45, 7) is 1.40. The minimum atomic E-state index is -0.168. The molecule has 1 aromatic rings. The molecule has 4 nitrogen and oxygen atoms in total. The highest BCUT2D eigenvalue weighted by molar-refractivity contribution is 5.89. The summed E-state index contributed by atoms with van der Waals surface area (Å²) in [5.74, 6) is -0.168. The second kappa shape index (κ2) is 3.61. The zero-order chi connectivity index (χ0) is 8.97. The van der Waals surface area contributed by atoms with Gasteiger partial charge in [-0.25, -0.2) is 0 Å². The number of carbonyl (C=O) groups is 2. The van der Waals surface area contributed by atoms with Crippen molar-refractivity contribution < 1.29 is 9.59 Å². The van der Waals surface area contributed by atoms with Crippen LogP contribution in [-0.2, 0) is 4.79 Å². The van der Waals surface area contributed by atoms with Gasteiger partial charge in [-0.2, -0.15) is 0 Å². The molecule has 1 rings (SSSR count). The Morgan fingerprint density at radius 1 is 1.67 bits per heavy atom. The van der Waals surface area contributed by atoms with E-state index in [1.165, 1.54) is 19.2 Å². The third-order valence-electron chi connectivity index (χ3n) is 1.22. The summed E-state index contributed by atoms with van der Waals surface area (Å²) in [6, 6.07) is 3.13. The van der Waals surface area contributed by atoms with E-state index in [9.17, 15) is 9.59 Å². The zero-order valence-corrected chi connectivity index (χ0v) is 6.57. The van der Waals surface area contributed by atoms with E-state index in [-0.39, 0.29) is 5.91 Å². The molecule has 1 N–H and O–H groups in total. The van der Waals surface area contributed by atoms with Gasteiger partial charge in [-0.05, 0) is 12.1 Å². The van der Waals surface area contributed by atoms with Crippen molar-refractivity contribution in [1.29, 1.82) is 0 Å². The van der Waals surface area contributed by atoms with E-state index in [1.807, 2.05) is 0 Å². The quantitative estimate of drug-likeness (QED) is 0.659. The summed E-state index contributed by atoms with van der Waals surface area (Å²) >= 11 is 0. The molecule has 4 heteroatoms. The van der Waals surface area contributed by atoms with Gasteiger partial charge < -0.3 is 5.32 Å². The fourth-order valence-electron chi connectivity index (χ4n) is 0.794. The third kappa shape index (κ3) is 2.16. The largest absolute Gasteiger partial charge is 0.326 e. The number of aromatic nitrogens is 1. The Labute approximate surface area is 69.6 Å². The van der Waals surface area contributed by atoms with Crippen molar-refractivity contribution in [3.63, 3.8) is 0 Å². The van der Waals surface area contributed by atoms with Gasteiger partial charge in [-0.3, -0.25) is 14.6 Å². The monoisotopic (exact) mass is 164 g/mol. The van der Waals surface area contributed by atoms with Crippen LogP contribution in [0.25, 0.3) is 0 Å². The Morgan fingerprint density at radius 2 is 2.42 bits per heavy atom. The molecule has 0 aliphatic rings. The van der Waals surface area contributed by atoms with E-state index in [0.29, 0.717) is 17.7 Å². The van der Waals surface area contributed by atoms with E-state index in [1.54, 1.807) is 6.07 Å². The van der Waals surface area contributed by atoms with E-state index in [2.05, 4.69) is 10.3 Å². The lowest BCUT2D eigenvalue weighted by Crippen LogP contribution is -2.06. The number of nitrogens with zero attached hydrogens (tertiary/aromatic N) is 1. The summed E-state index contributed by atoms with van der Waals surface area (Å²) in [5.41, 5.74) is 0.890. The molecule has 0 fully saturated rings. The summed E-state index contributed by atoms with van der Waals surface area (Å²) in [4.78, 5) is 24.6. The highest BCUT2D eigenvalue weighted by atomic mass is 16.1. The van der Waals surface area contributed by atoms with E-state index >= 15 is 0 Å². The Hall–Kier alpha value is -1.71. The molecule has 0 radical (unpaired) electrons. The normalized spacial score (nSPS) is 9.08. The smallest absolute Gasteiger partial charge is 0.221 e. The molecular weight excluding hydrogens is 156 g/mol. The van der Waals surface area contributed by atoms with Crippen molar-refractivity contribution >= 4 is 17.9 Å². The molecule has 0 aliphatic carbocycles. The molecule has 62 valence electrons. The standard InChI is InChI=1S/C8H8N2O2/c1-6(12)10-7-2-3-9-8(4-7)5-11/h2-5H,1H3,(H,9,10,12). The average Bonchev–Trinajstić information content (AvgIpc) is 2.03. The molecule has 0 aromatic carbocycles. The third-order valence-corrected chi connectivity index (χ3v) is 1.22. The SMILES string of the molecule is CC(=O)Nc1ccnc(C=O)c1. The molecule has 12 heavy (non-hydrogen) atoms. The van der Waals surface area contributed by atoms with Crippen LogP contribution in [0.2, 0.25) is 0 Å².